The molecule has 1 unspecified atom stereocenters. The Hall–Kier alpha value is -1.89. The Morgan fingerprint density at radius 2 is 2.25 bits per heavy atom. The molecule has 1 heterocycles. The highest BCUT2D eigenvalue weighted by molar-refractivity contribution is 5.99. The van der Waals surface area contributed by atoms with Crippen LogP contribution in [-0.2, 0) is 4.74 Å². The lowest BCUT2D eigenvalue weighted by Crippen LogP contribution is -2.39. The molecule has 3 N–H and O–H groups in total. The number of aromatic nitrogens is 2. The minimum atomic E-state index is -0.0292. The third-order valence-corrected chi connectivity index (χ3v) is 3.63. The van der Waals surface area contributed by atoms with Gasteiger partial charge in [-0.3, -0.25) is 0 Å². The van der Waals surface area contributed by atoms with E-state index >= 15 is 0 Å². The number of anilines is 1. The van der Waals surface area contributed by atoms with Crippen molar-refractivity contribution in [2.75, 3.05) is 25.2 Å². The van der Waals surface area contributed by atoms with E-state index in [0.29, 0.717) is 36.6 Å². The predicted molar refractivity (Wildman–Crippen MR) is 76.0 cm³/mol. The molecule has 0 radical (unpaired) electrons. The summed E-state index contributed by atoms with van der Waals surface area (Å²) < 4.78 is 5.17. The Kier molecular flexibility index (Phi) is 4.73. The molecule has 1 saturated carbocycles. The van der Waals surface area contributed by atoms with Gasteiger partial charge in [-0.15, -0.1) is 0 Å². The molecule has 0 spiro atoms. The molecular formula is C13H21N5O2. The maximum atomic E-state index is 8.88. The highest BCUT2D eigenvalue weighted by Crippen LogP contribution is 2.36. The van der Waals surface area contributed by atoms with Gasteiger partial charge >= 0.3 is 0 Å². The molecule has 0 aromatic carbocycles. The number of nitrogens with zero attached hydrogens (tertiary/aromatic N) is 4. The zero-order chi connectivity index (χ0) is 14.5. The average molecular weight is 279 g/mol. The van der Waals surface area contributed by atoms with Crippen molar-refractivity contribution in [3.8, 4) is 0 Å². The van der Waals surface area contributed by atoms with Crippen LogP contribution in [0, 0.1) is 5.92 Å². The van der Waals surface area contributed by atoms with Gasteiger partial charge < -0.3 is 20.6 Å². The molecule has 1 fully saturated rings. The van der Waals surface area contributed by atoms with Gasteiger partial charge in [0.1, 0.15) is 0 Å². The van der Waals surface area contributed by atoms with Crippen LogP contribution < -0.4 is 10.6 Å². The van der Waals surface area contributed by atoms with Gasteiger partial charge in [0, 0.05) is 32.1 Å². The van der Waals surface area contributed by atoms with Crippen molar-refractivity contribution in [2.45, 2.75) is 25.8 Å². The summed E-state index contributed by atoms with van der Waals surface area (Å²) in [5.74, 6) is 1.27. The third kappa shape index (κ3) is 3.16. The van der Waals surface area contributed by atoms with Crippen LogP contribution in [-0.4, -0.2) is 47.3 Å². The number of rotatable bonds is 7. The van der Waals surface area contributed by atoms with Gasteiger partial charge in [-0.25, -0.2) is 9.97 Å². The van der Waals surface area contributed by atoms with Crippen molar-refractivity contribution in [3.63, 3.8) is 0 Å². The van der Waals surface area contributed by atoms with E-state index in [4.69, 9.17) is 15.7 Å². The maximum absolute atomic E-state index is 8.88. The number of hydrogen-bond donors (Lipinski definition) is 2. The van der Waals surface area contributed by atoms with Crippen molar-refractivity contribution in [1.82, 2.24) is 9.97 Å². The summed E-state index contributed by atoms with van der Waals surface area (Å²) in [6.07, 6.45) is 5.60. The van der Waals surface area contributed by atoms with E-state index in [0.717, 1.165) is 0 Å². The van der Waals surface area contributed by atoms with Crippen LogP contribution >= 0.6 is 0 Å². The maximum Gasteiger partial charge on any atom is 0.192 e. The molecule has 2 rings (SSSR count). The van der Waals surface area contributed by atoms with E-state index in [9.17, 15) is 0 Å². The lowest BCUT2D eigenvalue weighted by molar-refractivity contribution is 0.202. The fraction of sp³-hybridized carbons (Fsp3) is 0.615. The Balaban J connectivity index is 2.31. The number of oxime groups is 1. The summed E-state index contributed by atoms with van der Waals surface area (Å²) in [6.45, 7) is 3.44. The molecule has 1 aliphatic rings. The van der Waals surface area contributed by atoms with Crippen LogP contribution in [0.25, 0.3) is 0 Å². The smallest absolute Gasteiger partial charge is 0.192 e. The predicted octanol–water partition coefficient (Wildman–Crippen LogP) is 0.822. The highest BCUT2D eigenvalue weighted by Gasteiger charge is 2.33. The van der Waals surface area contributed by atoms with Gasteiger partial charge in [0.15, 0.2) is 17.3 Å². The van der Waals surface area contributed by atoms with Crippen molar-refractivity contribution < 1.29 is 9.94 Å². The van der Waals surface area contributed by atoms with Crippen LogP contribution in [0.2, 0.25) is 0 Å². The molecule has 0 amide bonds. The minimum Gasteiger partial charge on any atom is -0.409 e. The lowest BCUT2D eigenvalue weighted by atomic mass is 10.1. The van der Waals surface area contributed by atoms with Crippen molar-refractivity contribution in [3.05, 3.63) is 18.1 Å². The summed E-state index contributed by atoms with van der Waals surface area (Å²) in [7, 11) is 1.67. The first-order valence-corrected chi connectivity index (χ1v) is 6.73. The van der Waals surface area contributed by atoms with Crippen LogP contribution in [0.4, 0.5) is 5.82 Å². The van der Waals surface area contributed by atoms with Crippen molar-refractivity contribution in [2.24, 2.45) is 16.8 Å². The molecular weight excluding hydrogens is 258 g/mol. The fourth-order valence-corrected chi connectivity index (χ4v) is 2.29. The largest absolute Gasteiger partial charge is 0.409 e. The van der Waals surface area contributed by atoms with Gasteiger partial charge in [-0.05, 0) is 25.7 Å². The van der Waals surface area contributed by atoms with E-state index in [1.807, 2.05) is 0 Å². The summed E-state index contributed by atoms with van der Waals surface area (Å²) in [5.41, 5.74) is 6.09. The Labute approximate surface area is 118 Å². The standard InChI is InChI=1S/C13H21N5O2/c1-9(10-3-4-10)18(7-8-20-2)13-11(12(14)17-19)15-5-6-16-13/h5-6,9-10,19H,3-4,7-8H2,1-2H3,(H2,14,17). The second-order valence-electron chi connectivity index (χ2n) is 4.98. The second kappa shape index (κ2) is 6.51. The number of amidine groups is 1. The molecule has 0 aliphatic heterocycles. The zero-order valence-corrected chi connectivity index (χ0v) is 11.9. The highest BCUT2D eigenvalue weighted by atomic mass is 16.5. The molecule has 1 aromatic heterocycles. The molecule has 7 nitrogen and oxygen atoms in total. The summed E-state index contributed by atoms with van der Waals surface area (Å²) in [5, 5.41) is 11.9. The molecule has 20 heavy (non-hydrogen) atoms. The van der Waals surface area contributed by atoms with Crippen molar-refractivity contribution in [1.29, 1.82) is 0 Å². The molecule has 110 valence electrons. The quantitative estimate of drug-likeness (QED) is 0.332. The van der Waals surface area contributed by atoms with Crippen LogP contribution in [0.1, 0.15) is 25.5 Å². The van der Waals surface area contributed by atoms with E-state index in [-0.39, 0.29) is 5.84 Å². The topological polar surface area (TPSA) is 96.9 Å². The number of ether oxygens (including phenoxy) is 1. The lowest BCUT2D eigenvalue weighted by Gasteiger charge is -2.31. The van der Waals surface area contributed by atoms with E-state index in [2.05, 4.69) is 26.9 Å². The summed E-state index contributed by atoms with van der Waals surface area (Å²) >= 11 is 0. The molecule has 1 atom stereocenters. The first kappa shape index (κ1) is 14.5. The van der Waals surface area contributed by atoms with Gasteiger partial charge in [0.05, 0.1) is 6.61 Å². The Bertz CT molecular complexity index is 476. The molecule has 7 heteroatoms. The number of methoxy groups -OCH3 is 1. The Morgan fingerprint density at radius 1 is 1.55 bits per heavy atom. The first-order valence-electron chi connectivity index (χ1n) is 6.73. The van der Waals surface area contributed by atoms with E-state index in [1.54, 1.807) is 13.3 Å². The van der Waals surface area contributed by atoms with Crippen LogP contribution in [0.3, 0.4) is 0 Å². The monoisotopic (exact) mass is 279 g/mol. The van der Waals surface area contributed by atoms with Gasteiger partial charge in [0.2, 0.25) is 0 Å². The number of hydrogen-bond acceptors (Lipinski definition) is 6. The van der Waals surface area contributed by atoms with Gasteiger partial charge in [-0.1, -0.05) is 5.16 Å². The van der Waals surface area contributed by atoms with Gasteiger partial charge in [-0.2, -0.15) is 0 Å². The minimum absolute atomic E-state index is 0.0292. The first-order chi connectivity index (χ1) is 9.69. The van der Waals surface area contributed by atoms with Crippen LogP contribution in [0.15, 0.2) is 17.5 Å². The van der Waals surface area contributed by atoms with Crippen LogP contribution in [0.5, 0.6) is 0 Å². The normalized spacial score (nSPS) is 17.0. The fourth-order valence-electron chi connectivity index (χ4n) is 2.29. The SMILES string of the molecule is COCCN(c1nccnc1C(N)=NO)C(C)C1CC1. The van der Waals surface area contributed by atoms with E-state index in [1.165, 1.54) is 19.0 Å². The zero-order valence-electron chi connectivity index (χ0n) is 11.9. The third-order valence-electron chi connectivity index (χ3n) is 3.63. The van der Waals surface area contributed by atoms with E-state index < -0.39 is 0 Å². The second-order valence-corrected chi connectivity index (χ2v) is 4.98. The Morgan fingerprint density at radius 3 is 2.85 bits per heavy atom. The summed E-state index contributed by atoms with van der Waals surface area (Å²) in [6, 6.07) is 0.326. The summed E-state index contributed by atoms with van der Waals surface area (Å²) in [4.78, 5) is 10.7. The molecule has 1 aromatic rings. The molecule has 0 bridgehead atoms. The average Bonchev–Trinajstić information content (AvgIpc) is 3.31. The molecule has 0 saturated heterocycles. The number of nitrogens with two attached hydrogens (primary N) is 1. The van der Waals surface area contributed by atoms with Gasteiger partial charge in [0.25, 0.3) is 0 Å². The van der Waals surface area contributed by atoms with Crippen molar-refractivity contribution >= 4 is 11.7 Å². The molecule has 1 aliphatic carbocycles.